The molecule has 0 aliphatic carbocycles. The number of hydrogen-bond acceptors (Lipinski definition) is 5. The zero-order chi connectivity index (χ0) is 14.5. The third-order valence-corrected chi connectivity index (χ3v) is 5.44. The molecule has 1 aliphatic heterocycles. The van der Waals surface area contributed by atoms with Crippen LogP contribution < -0.4 is 5.73 Å². The van der Waals surface area contributed by atoms with Gasteiger partial charge in [-0.1, -0.05) is 6.42 Å². The van der Waals surface area contributed by atoms with E-state index >= 15 is 0 Å². The highest BCUT2D eigenvalue weighted by Crippen LogP contribution is 2.26. The van der Waals surface area contributed by atoms with E-state index in [1.165, 1.54) is 4.31 Å². The highest BCUT2D eigenvalue weighted by atomic mass is 32.2. The van der Waals surface area contributed by atoms with Gasteiger partial charge in [0.25, 0.3) is 0 Å². The fourth-order valence-electron chi connectivity index (χ4n) is 2.54. The highest BCUT2D eigenvalue weighted by molar-refractivity contribution is 7.89. The van der Waals surface area contributed by atoms with Gasteiger partial charge in [0.1, 0.15) is 0 Å². The number of carbonyl (C=O) groups is 1. The standard InChI is InChI=1S/C12H24N2O4S/c1-3-18-12(15)7-8-19(16,17)14-10(2)5-4-6-11(14)9-13/h10-11H,3-9,13H2,1-2H3. The first-order valence-corrected chi connectivity index (χ1v) is 8.40. The molecule has 7 heteroatoms. The molecule has 1 heterocycles. The number of sulfonamides is 1. The lowest BCUT2D eigenvalue weighted by molar-refractivity contribution is -0.142. The summed E-state index contributed by atoms with van der Waals surface area (Å²) in [4.78, 5) is 11.3. The summed E-state index contributed by atoms with van der Waals surface area (Å²) >= 11 is 0. The topological polar surface area (TPSA) is 89.7 Å². The minimum atomic E-state index is -3.45. The molecule has 19 heavy (non-hydrogen) atoms. The molecule has 1 fully saturated rings. The average Bonchev–Trinajstić information content (AvgIpc) is 2.36. The Morgan fingerprint density at radius 1 is 1.42 bits per heavy atom. The van der Waals surface area contributed by atoms with Crippen LogP contribution in [0.4, 0.5) is 0 Å². The van der Waals surface area contributed by atoms with Crippen molar-refractivity contribution in [3.8, 4) is 0 Å². The number of piperidine rings is 1. The van der Waals surface area contributed by atoms with Crippen molar-refractivity contribution in [1.82, 2.24) is 4.31 Å². The number of nitrogens with two attached hydrogens (primary N) is 1. The Hall–Kier alpha value is -0.660. The highest BCUT2D eigenvalue weighted by Gasteiger charge is 2.36. The maximum atomic E-state index is 12.3. The SMILES string of the molecule is CCOC(=O)CCS(=O)(=O)N1C(C)CCCC1CN. The van der Waals surface area contributed by atoms with Gasteiger partial charge in [-0.05, 0) is 26.7 Å². The van der Waals surface area contributed by atoms with Gasteiger partial charge in [0.2, 0.25) is 10.0 Å². The van der Waals surface area contributed by atoms with E-state index in [1.54, 1.807) is 6.92 Å². The minimum Gasteiger partial charge on any atom is -0.466 e. The van der Waals surface area contributed by atoms with E-state index in [0.29, 0.717) is 6.54 Å². The first-order chi connectivity index (χ1) is 8.92. The lowest BCUT2D eigenvalue weighted by Gasteiger charge is -2.38. The van der Waals surface area contributed by atoms with Crippen LogP contribution >= 0.6 is 0 Å². The van der Waals surface area contributed by atoms with Gasteiger partial charge < -0.3 is 10.5 Å². The second-order valence-corrected chi connectivity index (χ2v) is 6.86. The summed E-state index contributed by atoms with van der Waals surface area (Å²) in [5.74, 6) is -0.674. The fraction of sp³-hybridized carbons (Fsp3) is 0.917. The molecule has 1 aliphatic rings. The molecule has 2 unspecified atom stereocenters. The van der Waals surface area contributed by atoms with Gasteiger partial charge in [0, 0.05) is 18.6 Å². The summed E-state index contributed by atoms with van der Waals surface area (Å²) in [5.41, 5.74) is 5.66. The number of esters is 1. The summed E-state index contributed by atoms with van der Waals surface area (Å²) in [6.45, 7) is 4.18. The van der Waals surface area contributed by atoms with Gasteiger partial charge in [0.15, 0.2) is 0 Å². The van der Waals surface area contributed by atoms with Crippen LogP contribution in [0.15, 0.2) is 0 Å². The van der Waals surface area contributed by atoms with Crippen molar-refractivity contribution in [2.75, 3.05) is 18.9 Å². The minimum absolute atomic E-state index is 0.0468. The van der Waals surface area contributed by atoms with Crippen molar-refractivity contribution >= 4 is 16.0 Å². The van der Waals surface area contributed by atoms with Crippen LogP contribution in [0.5, 0.6) is 0 Å². The van der Waals surface area contributed by atoms with Gasteiger partial charge in [-0.2, -0.15) is 4.31 Å². The Bertz CT molecular complexity index is 397. The van der Waals surface area contributed by atoms with Crippen molar-refractivity contribution in [1.29, 1.82) is 0 Å². The molecule has 0 aromatic carbocycles. The number of hydrogen-bond donors (Lipinski definition) is 1. The summed E-state index contributed by atoms with van der Waals surface area (Å²) in [6.07, 6.45) is 2.53. The zero-order valence-corrected chi connectivity index (χ0v) is 12.5. The molecule has 0 bridgehead atoms. The Morgan fingerprint density at radius 3 is 2.68 bits per heavy atom. The van der Waals surface area contributed by atoms with Gasteiger partial charge in [0.05, 0.1) is 18.8 Å². The van der Waals surface area contributed by atoms with E-state index in [0.717, 1.165) is 19.3 Å². The zero-order valence-electron chi connectivity index (χ0n) is 11.7. The summed E-state index contributed by atoms with van der Waals surface area (Å²) < 4.78 is 30.9. The molecule has 0 aromatic rings. The Labute approximate surface area is 115 Å². The van der Waals surface area contributed by atoms with Crippen LogP contribution in [0.25, 0.3) is 0 Å². The molecule has 0 aromatic heterocycles. The predicted molar refractivity (Wildman–Crippen MR) is 73.0 cm³/mol. The summed E-state index contributed by atoms with van der Waals surface area (Å²) in [6, 6.07) is -0.189. The second kappa shape index (κ2) is 7.21. The molecule has 2 atom stereocenters. The van der Waals surface area contributed by atoms with Crippen LogP contribution in [0.3, 0.4) is 0 Å². The first kappa shape index (κ1) is 16.4. The van der Waals surface area contributed by atoms with E-state index in [4.69, 9.17) is 10.5 Å². The molecular formula is C12H24N2O4S. The van der Waals surface area contributed by atoms with Crippen molar-refractivity contribution < 1.29 is 17.9 Å². The largest absolute Gasteiger partial charge is 0.466 e. The Kier molecular flexibility index (Phi) is 6.22. The molecule has 2 N–H and O–H groups in total. The van der Waals surface area contributed by atoms with Crippen LogP contribution in [0, 0.1) is 0 Å². The van der Waals surface area contributed by atoms with Crippen LogP contribution in [0.1, 0.15) is 39.5 Å². The molecule has 112 valence electrons. The number of rotatable bonds is 6. The first-order valence-electron chi connectivity index (χ1n) is 6.79. The third kappa shape index (κ3) is 4.43. The molecular weight excluding hydrogens is 268 g/mol. The average molecular weight is 292 g/mol. The lowest BCUT2D eigenvalue weighted by atomic mass is 10.00. The Balaban J connectivity index is 2.70. The van der Waals surface area contributed by atoms with Gasteiger partial charge in [-0.3, -0.25) is 4.79 Å². The monoisotopic (exact) mass is 292 g/mol. The van der Waals surface area contributed by atoms with Gasteiger partial charge in [-0.25, -0.2) is 8.42 Å². The molecule has 1 saturated heterocycles. The molecule has 6 nitrogen and oxygen atoms in total. The Morgan fingerprint density at radius 2 is 2.11 bits per heavy atom. The van der Waals surface area contributed by atoms with E-state index in [-0.39, 0.29) is 30.9 Å². The van der Waals surface area contributed by atoms with Crippen molar-refractivity contribution in [2.24, 2.45) is 5.73 Å². The molecule has 0 amide bonds. The molecule has 0 radical (unpaired) electrons. The van der Waals surface area contributed by atoms with E-state index in [2.05, 4.69) is 0 Å². The maximum absolute atomic E-state index is 12.3. The molecule has 1 rings (SSSR count). The van der Waals surface area contributed by atoms with Gasteiger partial charge in [-0.15, -0.1) is 0 Å². The third-order valence-electron chi connectivity index (χ3n) is 3.42. The normalized spacial score (nSPS) is 25.2. The summed E-state index contributed by atoms with van der Waals surface area (Å²) in [7, 11) is -3.45. The number of carbonyl (C=O) groups excluding carboxylic acids is 1. The van der Waals surface area contributed by atoms with Crippen LogP contribution in [-0.4, -0.2) is 49.7 Å². The van der Waals surface area contributed by atoms with Crippen molar-refractivity contribution in [3.05, 3.63) is 0 Å². The smallest absolute Gasteiger partial charge is 0.306 e. The lowest BCUT2D eigenvalue weighted by Crippen LogP contribution is -2.52. The van der Waals surface area contributed by atoms with Crippen LogP contribution in [-0.2, 0) is 19.6 Å². The summed E-state index contributed by atoms with van der Waals surface area (Å²) in [5, 5.41) is 0. The van der Waals surface area contributed by atoms with Gasteiger partial charge >= 0.3 is 5.97 Å². The molecule has 0 saturated carbocycles. The van der Waals surface area contributed by atoms with E-state index < -0.39 is 16.0 Å². The number of nitrogens with zero attached hydrogens (tertiary/aromatic N) is 1. The maximum Gasteiger partial charge on any atom is 0.306 e. The molecule has 0 spiro atoms. The van der Waals surface area contributed by atoms with E-state index in [9.17, 15) is 13.2 Å². The van der Waals surface area contributed by atoms with Crippen molar-refractivity contribution in [3.63, 3.8) is 0 Å². The van der Waals surface area contributed by atoms with E-state index in [1.807, 2.05) is 6.92 Å². The van der Waals surface area contributed by atoms with Crippen LogP contribution in [0.2, 0.25) is 0 Å². The van der Waals surface area contributed by atoms with Crippen molar-refractivity contribution in [2.45, 2.75) is 51.6 Å². The quantitative estimate of drug-likeness (QED) is 0.719. The number of ether oxygens (including phenoxy) is 1. The predicted octanol–water partition coefficient (Wildman–Crippen LogP) is 0.471. The fourth-order valence-corrected chi connectivity index (χ4v) is 4.47. The second-order valence-electron chi connectivity index (χ2n) is 4.87.